The summed E-state index contributed by atoms with van der Waals surface area (Å²) in [6.45, 7) is 3.75. The van der Waals surface area contributed by atoms with Crippen molar-refractivity contribution < 1.29 is 23.4 Å². The maximum atomic E-state index is 14.4. The Morgan fingerprint density at radius 2 is 1.94 bits per heavy atom. The predicted octanol–water partition coefficient (Wildman–Crippen LogP) is 4.77. The van der Waals surface area contributed by atoms with Crippen LogP contribution < -0.4 is 4.74 Å². The van der Waals surface area contributed by atoms with Gasteiger partial charge in [0.2, 0.25) is 0 Å². The van der Waals surface area contributed by atoms with Crippen molar-refractivity contribution in [1.82, 2.24) is 4.90 Å². The van der Waals surface area contributed by atoms with Crippen molar-refractivity contribution in [2.75, 3.05) is 26.8 Å². The molecule has 2 aromatic carbocycles. The molecule has 0 bridgehead atoms. The SMILES string of the molecule is CCO[C@H]1C[C@@H](c2ccccc2)OC2(CCN(C(=O)c3ccc(OC)cc3F)CC2)C1. The number of carbonyl (C=O) groups excluding carboxylic acids is 1. The molecule has 0 N–H and O–H groups in total. The second kappa shape index (κ2) is 9.37. The second-order valence-corrected chi connectivity index (χ2v) is 8.36. The van der Waals surface area contributed by atoms with E-state index < -0.39 is 5.82 Å². The first-order chi connectivity index (χ1) is 15.0. The number of methoxy groups -OCH3 is 1. The van der Waals surface area contributed by atoms with Gasteiger partial charge in [-0.25, -0.2) is 4.39 Å². The smallest absolute Gasteiger partial charge is 0.256 e. The average molecular weight is 428 g/mol. The van der Waals surface area contributed by atoms with Crippen LogP contribution in [0, 0.1) is 5.82 Å². The van der Waals surface area contributed by atoms with E-state index in [1.807, 2.05) is 25.1 Å². The Hall–Kier alpha value is -2.44. The van der Waals surface area contributed by atoms with Gasteiger partial charge < -0.3 is 19.1 Å². The van der Waals surface area contributed by atoms with Gasteiger partial charge in [0.25, 0.3) is 5.91 Å². The molecule has 0 unspecified atom stereocenters. The maximum absolute atomic E-state index is 14.4. The number of halogens is 1. The number of piperidine rings is 1. The van der Waals surface area contributed by atoms with Crippen LogP contribution in [0.3, 0.4) is 0 Å². The molecular formula is C25H30FNO4. The Balaban J connectivity index is 1.47. The van der Waals surface area contributed by atoms with Crippen LogP contribution in [0.15, 0.2) is 48.5 Å². The van der Waals surface area contributed by atoms with Gasteiger partial charge >= 0.3 is 0 Å². The first kappa shape index (κ1) is 21.8. The molecule has 2 aliphatic heterocycles. The summed E-state index contributed by atoms with van der Waals surface area (Å²) in [6.07, 6.45) is 3.19. The van der Waals surface area contributed by atoms with Crippen LogP contribution in [0.2, 0.25) is 0 Å². The van der Waals surface area contributed by atoms with Crippen LogP contribution in [0.25, 0.3) is 0 Å². The van der Waals surface area contributed by atoms with Crippen molar-refractivity contribution in [1.29, 1.82) is 0 Å². The lowest BCUT2D eigenvalue weighted by Crippen LogP contribution is -2.52. The van der Waals surface area contributed by atoms with Gasteiger partial charge in [0.1, 0.15) is 11.6 Å². The van der Waals surface area contributed by atoms with Crippen LogP contribution in [0.4, 0.5) is 4.39 Å². The van der Waals surface area contributed by atoms with E-state index in [0.29, 0.717) is 38.3 Å². The summed E-state index contributed by atoms with van der Waals surface area (Å²) >= 11 is 0. The van der Waals surface area contributed by atoms with E-state index in [1.54, 1.807) is 11.0 Å². The first-order valence-corrected chi connectivity index (χ1v) is 11.0. The fraction of sp³-hybridized carbons (Fsp3) is 0.480. The average Bonchev–Trinajstić information content (AvgIpc) is 2.79. The van der Waals surface area contributed by atoms with Gasteiger partial charge in [-0.1, -0.05) is 30.3 Å². The van der Waals surface area contributed by atoms with E-state index in [9.17, 15) is 9.18 Å². The van der Waals surface area contributed by atoms with E-state index in [1.165, 1.54) is 19.2 Å². The minimum atomic E-state index is -0.556. The lowest BCUT2D eigenvalue weighted by Gasteiger charge is -2.48. The molecule has 1 spiro atoms. The van der Waals surface area contributed by atoms with Crippen molar-refractivity contribution in [3.63, 3.8) is 0 Å². The molecule has 31 heavy (non-hydrogen) atoms. The van der Waals surface area contributed by atoms with Crippen molar-refractivity contribution in [3.05, 3.63) is 65.5 Å². The number of ether oxygens (including phenoxy) is 3. The molecule has 0 aromatic heterocycles. The van der Waals surface area contributed by atoms with Gasteiger partial charge in [-0.2, -0.15) is 0 Å². The van der Waals surface area contributed by atoms with Gasteiger partial charge in [-0.15, -0.1) is 0 Å². The van der Waals surface area contributed by atoms with E-state index >= 15 is 0 Å². The normalized spacial score (nSPS) is 23.0. The fourth-order valence-electron chi connectivity index (χ4n) is 4.78. The highest BCUT2D eigenvalue weighted by Crippen LogP contribution is 2.44. The highest BCUT2D eigenvalue weighted by Gasteiger charge is 2.45. The highest BCUT2D eigenvalue weighted by atomic mass is 19.1. The molecule has 1 amide bonds. The van der Waals surface area contributed by atoms with Crippen LogP contribution >= 0.6 is 0 Å². The minimum Gasteiger partial charge on any atom is -0.497 e. The van der Waals surface area contributed by atoms with Crippen molar-refractivity contribution in [2.24, 2.45) is 0 Å². The van der Waals surface area contributed by atoms with Gasteiger partial charge in [0.15, 0.2) is 0 Å². The number of hydrogen-bond acceptors (Lipinski definition) is 4. The number of rotatable bonds is 5. The summed E-state index contributed by atoms with van der Waals surface area (Å²) in [4.78, 5) is 14.6. The summed E-state index contributed by atoms with van der Waals surface area (Å²) < 4.78 is 32.1. The molecule has 2 aromatic rings. The second-order valence-electron chi connectivity index (χ2n) is 8.36. The lowest BCUT2D eigenvalue weighted by atomic mass is 9.80. The predicted molar refractivity (Wildman–Crippen MR) is 116 cm³/mol. The van der Waals surface area contributed by atoms with Crippen LogP contribution in [0.5, 0.6) is 5.75 Å². The topological polar surface area (TPSA) is 48.0 Å². The zero-order valence-corrected chi connectivity index (χ0v) is 18.2. The molecule has 4 rings (SSSR count). The van der Waals surface area contributed by atoms with Crippen LogP contribution in [-0.4, -0.2) is 49.3 Å². The zero-order valence-electron chi connectivity index (χ0n) is 18.2. The summed E-state index contributed by atoms with van der Waals surface area (Å²) in [5.41, 5.74) is 0.911. The number of nitrogens with zero attached hydrogens (tertiary/aromatic N) is 1. The molecule has 0 radical (unpaired) electrons. The third-order valence-corrected chi connectivity index (χ3v) is 6.41. The number of carbonyl (C=O) groups is 1. The number of amides is 1. The Bertz CT molecular complexity index is 896. The van der Waals surface area contributed by atoms with Crippen molar-refractivity contribution >= 4 is 5.91 Å². The molecule has 5 nitrogen and oxygen atoms in total. The fourth-order valence-corrected chi connectivity index (χ4v) is 4.78. The molecule has 0 saturated carbocycles. The monoisotopic (exact) mass is 427 g/mol. The summed E-state index contributed by atoms with van der Waals surface area (Å²) in [5.74, 6) is -0.443. The van der Waals surface area contributed by atoms with E-state index in [2.05, 4.69) is 12.1 Å². The lowest BCUT2D eigenvalue weighted by molar-refractivity contribution is -0.190. The quantitative estimate of drug-likeness (QED) is 0.690. The zero-order chi connectivity index (χ0) is 21.8. The molecule has 2 heterocycles. The number of likely N-dealkylation sites (tertiary alicyclic amines) is 1. The van der Waals surface area contributed by atoms with Gasteiger partial charge in [0, 0.05) is 38.6 Å². The molecule has 166 valence electrons. The first-order valence-electron chi connectivity index (χ1n) is 11.0. The summed E-state index contributed by atoms with van der Waals surface area (Å²) in [6, 6.07) is 14.6. The van der Waals surface area contributed by atoms with Gasteiger partial charge in [0.05, 0.1) is 30.5 Å². The van der Waals surface area contributed by atoms with E-state index in [0.717, 1.165) is 18.4 Å². The van der Waals surface area contributed by atoms with Crippen molar-refractivity contribution in [3.8, 4) is 5.75 Å². The largest absolute Gasteiger partial charge is 0.497 e. The molecular weight excluding hydrogens is 397 g/mol. The summed E-state index contributed by atoms with van der Waals surface area (Å²) in [7, 11) is 1.47. The number of hydrogen-bond donors (Lipinski definition) is 0. The van der Waals surface area contributed by atoms with Crippen molar-refractivity contribution in [2.45, 2.75) is 50.4 Å². The Kier molecular flexibility index (Phi) is 6.58. The standard InChI is InChI=1S/C25H30FNO4/c1-3-30-20-16-23(18-7-5-4-6-8-18)31-25(17-20)11-13-27(14-12-25)24(28)21-10-9-19(29-2)15-22(21)26/h4-10,15,20,23H,3,11-14,16-17H2,1-2H3/t20-,23-/m0/s1. The summed E-state index contributed by atoms with van der Waals surface area (Å²) in [5, 5.41) is 0. The molecule has 2 aliphatic rings. The van der Waals surface area contributed by atoms with Crippen LogP contribution in [0.1, 0.15) is 54.6 Å². The highest BCUT2D eigenvalue weighted by molar-refractivity contribution is 5.94. The molecule has 2 saturated heterocycles. The minimum absolute atomic E-state index is 0.0206. The van der Waals surface area contributed by atoms with E-state index in [4.69, 9.17) is 14.2 Å². The number of benzene rings is 2. The molecule has 2 atom stereocenters. The van der Waals surface area contributed by atoms with E-state index in [-0.39, 0.29) is 29.3 Å². The van der Waals surface area contributed by atoms with Crippen LogP contribution in [-0.2, 0) is 9.47 Å². The Labute approximate surface area is 183 Å². The third-order valence-electron chi connectivity index (χ3n) is 6.41. The van der Waals surface area contributed by atoms with Gasteiger partial charge in [-0.05, 0) is 37.5 Å². The Morgan fingerprint density at radius 1 is 1.19 bits per heavy atom. The maximum Gasteiger partial charge on any atom is 0.256 e. The van der Waals surface area contributed by atoms with Gasteiger partial charge in [-0.3, -0.25) is 4.79 Å². The third kappa shape index (κ3) is 4.75. The Morgan fingerprint density at radius 3 is 2.58 bits per heavy atom. The molecule has 0 aliphatic carbocycles. The molecule has 6 heteroatoms. The molecule has 2 fully saturated rings.